The van der Waals surface area contributed by atoms with E-state index in [2.05, 4.69) is 5.10 Å². The molecule has 0 N–H and O–H groups in total. The highest BCUT2D eigenvalue weighted by Crippen LogP contribution is 2.40. The highest BCUT2D eigenvalue weighted by atomic mass is 35.5. The smallest absolute Gasteiger partial charge is 0.279 e. The summed E-state index contributed by atoms with van der Waals surface area (Å²) in [6, 6.07) is 12.7. The van der Waals surface area contributed by atoms with Crippen molar-refractivity contribution in [1.82, 2.24) is 9.78 Å². The molecule has 0 atom stereocenters. The van der Waals surface area contributed by atoms with Gasteiger partial charge in [0, 0.05) is 17.6 Å². The number of halogens is 1. The van der Waals surface area contributed by atoms with Gasteiger partial charge >= 0.3 is 0 Å². The molecule has 0 saturated heterocycles. The Bertz CT molecular complexity index is 1100. The highest BCUT2D eigenvalue weighted by molar-refractivity contribution is 6.30. The molecule has 0 unspecified atom stereocenters. The minimum atomic E-state index is -0.211. The van der Waals surface area contributed by atoms with Crippen LogP contribution in [-0.2, 0) is 7.05 Å². The summed E-state index contributed by atoms with van der Waals surface area (Å²) in [6.45, 7) is 2.42. The lowest BCUT2D eigenvalue weighted by atomic mass is 10.0. The summed E-state index contributed by atoms with van der Waals surface area (Å²) in [5, 5.41) is 5.75. The van der Waals surface area contributed by atoms with Gasteiger partial charge in [0.25, 0.3) is 5.56 Å². The van der Waals surface area contributed by atoms with Crippen molar-refractivity contribution in [2.75, 3.05) is 6.61 Å². The van der Waals surface area contributed by atoms with Crippen LogP contribution in [0.4, 0.5) is 0 Å². The fourth-order valence-corrected chi connectivity index (χ4v) is 3.08. The van der Waals surface area contributed by atoms with Crippen LogP contribution in [0.15, 0.2) is 51.7 Å². The van der Waals surface area contributed by atoms with Crippen LogP contribution in [0.2, 0.25) is 5.02 Å². The van der Waals surface area contributed by atoms with Crippen LogP contribution < -0.4 is 10.3 Å². The summed E-state index contributed by atoms with van der Waals surface area (Å²) in [5.41, 5.74) is 2.17. The molecule has 2 aliphatic rings. The average molecular weight is 355 g/mol. The Morgan fingerprint density at radius 1 is 1.20 bits per heavy atom. The van der Waals surface area contributed by atoms with Crippen molar-refractivity contribution in [3.05, 3.63) is 57.8 Å². The highest BCUT2D eigenvalue weighted by Gasteiger charge is 2.26. The Morgan fingerprint density at radius 2 is 1.96 bits per heavy atom. The first-order valence-corrected chi connectivity index (χ1v) is 8.29. The monoisotopic (exact) mass is 354 g/mol. The fraction of sp³-hybridized carbons (Fsp3) is 0.158. The normalized spacial score (nSPS) is 11.3. The fourth-order valence-electron chi connectivity index (χ4n) is 2.96. The topological polar surface area (TPSA) is 57.3 Å². The van der Waals surface area contributed by atoms with E-state index in [1.165, 1.54) is 4.68 Å². The first kappa shape index (κ1) is 15.7. The molecule has 2 aromatic carbocycles. The molecular formula is C19H15ClN2O3. The molecule has 0 saturated carbocycles. The van der Waals surface area contributed by atoms with Crippen LogP contribution in [0.3, 0.4) is 0 Å². The van der Waals surface area contributed by atoms with Crippen LogP contribution in [-0.4, -0.2) is 16.4 Å². The quantitative estimate of drug-likeness (QED) is 0.549. The van der Waals surface area contributed by atoms with Crippen molar-refractivity contribution >= 4 is 22.6 Å². The van der Waals surface area contributed by atoms with Gasteiger partial charge in [0.15, 0.2) is 0 Å². The SMILES string of the molecule is CCOc1cccc2oc(-c3ccc(Cl)cc3)c3c(=O)n(C)nc-3c12. The van der Waals surface area contributed by atoms with E-state index in [0.29, 0.717) is 45.4 Å². The molecule has 2 aliphatic heterocycles. The maximum atomic E-state index is 12.7. The van der Waals surface area contributed by atoms with E-state index in [0.717, 1.165) is 5.56 Å². The molecule has 6 heteroatoms. The van der Waals surface area contributed by atoms with Gasteiger partial charge in [0.2, 0.25) is 0 Å². The van der Waals surface area contributed by atoms with Crippen molar-refractivity contribution in [3.8, 4) is 28.3 Å². The lowest BCUT2D eigenvalue weighted by molar-refractivity contribution is 0.344. The van der Waals surface area contributed by atoms with E-state index < -0.39 is 0 Å². The lowest BCUT2D eigenvalue weighted by Gasteiger charge is -2.12. The summed E-state index contributed by atoms with van der Waals surface area (Å²) in [5.74, 6) is 1.13. The van der Waals surface area contributed by atoms with Crippen molar-refractivity contribution in [2.24, 2.45) is 7.05 Å². The van der Waals surface area contributed by atoms with Crippen molar-refractivity contribution in [3.63, 3.8) is 0 Å². The van der Waals surface area contributed by atoms with Crippen molar-refractivity contribution in [1.29, 1.82) is 0 Å². The second kappa shape index (κ2) is 5.93. The molecule has 126 valence electrons. The lowest BCUT2D eigenvalue weighted by Crippen LogP contribution is -2.12. The van der Waals surface area contributed by atoms with E-state index in [1.807, 2.05) is 37.3 Å². The Hall–Kier alpha value is -2.79. The molecule has 0 bridgehead atoms. The number of ether oxygens (including phenoxy) is 1. The van der Waals surface area contributed by atoms with Gasteiger partial charge in [-0.3, -0.25) is 4.79 Å². The third-order valence-electron chi connectivity index (χ3n) is 4.06. The third-order valence-corrected chi connectivity index (χ3v) is 4.32. The Kier molecular flexibility index (Phi) is 3.73. The van der Waals surface area contributed by atoms with Gasteiger partial charge in [-0.2, -0.15) is 5.10 Å². The Labute approximate surface area is 148 Å². The number of aromatic nitrogens is 2. The molecule has 0 aliphatic carbocycles. The number of nitrogens with zero attached hydrogens (tertiary/aromatic N) is 2. The van der Waals surface area contributed by atoms with Crippen molar-refractivity contribution < 1.29 is 9.15 Å². The van der Waals surface area contributed by atoms with Gasteiger partial charge in [-0.15, -0.1) is 0 Å². The first-order chi connectivity index (χ1) is 12.1. The predicted molar refractivity (Wildman–Crippen MR) is 97.5 cm³/mol. The molecule has 4 rings (SSSR count). The zero-order valence-corrected chi connectivity index (χ0v) is 14.5. The van der Waals surface area contributed by atoms with Gasteiger partial charge < -0.3 is 9.15 Å². The number of hydrogen-bond acceptors (Lipinski definition) is 4. The van der Waals surface area contributed by atoms with Crippen LogP contribution in [0.25, 0.3) is 33.6 Å². The molecule has 0 aromatic heterocycles. The summed E-state index contributed by atoms with van der Waals surface area (Å²) in [6.07, 6.45) is 0. The molecule has 0 fully saturated rings. The van der Waals surface area contributed by atoms with E-state index in [9.17, 15) is 4.79 Å². The molecular weight excluding hydrogens is 340 g/mol. The zero-order valence-electron chi connectivity index (χ0n) is 13.7. The summed E-state index contributed by atoms with van der Waals surface area (Å²) >= 11 is 5.98. The molecule has 0 amide bonds. The minimum Gasteiger partial charge on any atom is -0.493 e. The Morgan fingerprint density at radius 3 is 2.68 bits per heavy atom. The van der Waals surface area contributed by atoms with Crippen LogP contribution in [0.1, 0.15) is 6.92 Å². The van der Waals surface area contributed by atoms with Gasteiger partial charge in [-0.1, -0.05) is 17.7 Å². The summed E-state index contributed by atoms with van der Waals surface area (Å²) < 4.78 is 13.1. The second-order valence-electron chi connectivity index (χ2n) is 5.65. The van der Waals surface area contributed by atoms with Crippen LogP contribution in [0, 0.1) is 0 Å². The maximum absolute atomic E-state index is 12.7. The Balaban J connectivity index is 2.13. The minimum absolute atomic E-state index is 0.211. The standard InChI is InChI=1S/C19H15ClN2O3/c1-3-24-13-5-4-6-14-15(13)17-16(19(23)22(2)21-17)18(25-14)11-7-9-12(20)10-8-11/h4-10H,3H2,1-2H3. The van der Waals surface area contributed by atoms with Crippen LogP contribution >= 0.6 is 11.6 Å². The third kappa shape index (κ3) is 2.48. The maximum Gasteiger partial charge on any atom is 0.279 e. The molecule has 2 aromatic rings. The van der Waals surface area contributed by atoms with E-state index in [-0.39, 0.29) is 5.56 Å². The van der Waals surface area contributed by atoms with E-state index in [1.54, 1.807) is 19.2 Å². The van der Waals surface area contributed by atoms with Crippen LogP contribution in [0.5, 0.6) is 5.75 Å². The van der Waals surface area contributed by atoms with Crippen molar-refractivity contribution in [2.45, 2.75) is 6.92 Å². The number of hydrogen-bond donors (Lipinski definition) is 0. The van der Waals surface area contributed by atoms with Gasteiger partial charge in [0.05, 0.1) is 12.0 Å². The van der Waals surface area contributed by atoms with E-state index in [4.69, 9.17) is 20.8 Å². The summed E-state index contributed by atoms with van der Waals surface area (Å²) in [4.78, 5) is 12.7. The number of aryl methyl sites for hydroxylation is 1. The van der Waals surface area contributed by atoms with Gasteiger partial charge in [-0.05, 0) is 43.3 Å². The average Bonchev–Trinajstić information content (AvgIpc) is 2.90. The van der Waals surface area contributed by atoms with E-state index >= 15 is 0 Å². The zero-order chi connectivity index (χ0) is 17.6. The molecule has 0 radical (unpaired) electrons. The predicted octanol–water partition coefficient (Wildman–Crippen LogP) is 4.35. The largest absolute Gasteiger partial charge is 0.493 e. The number of rotatable bonds is 3. The van der Waals surface area contributed by atoms with Gasteiger partial charge in [-0.25, -0.2) is 4.68 Å². The molecule has 25 heavy (non-hydrogen) atoms. The molecule has 0 spiro atoms. The first-order valence-electron chi connectivity index (χ1n) is 7.91. The number of benzene rings is 2. The number of fused-ring (bicyclic) bond motifs is 3. The summed E-state index contributed by atoms with van der Waals surface area (Å²) in [7, 11) is 1.63. The molecule has 2 heterocycles. The second-order valence-corrected chi connectivity index (χ2v) is 6.09. The van der Waals surface area contributed by atoms with Gasteiger partial charge in [0.1, 0.15) is 28.4 Å². The molecule has 5 nitrogen and oxygen atoms in total.